The standard InChI is InChI=1S/C29H27F2N5O3/c30-17-1-3-22(21(31)11-17)36-13-19(24(37)18-2-4-23(33-25(18)36)35-8-7-32-27(35)39)26(38)34-29-12-15-9-16-5-6-28(29,14-29)20(16)10-15/h1-4,11,13,15-16,20H,5-10,12,14H2,(H,32,39)(H,34,38). The van der Waals surface area contributed by atoms with Gasteiger partial charge < -0.3 is 10.6 Å². The van der Waals surface area contributed by atoms with E-state index in [1.54, 1.807) is 6.07 Å². The van der Waals surface area contributed by atoms with Crippen molar-refractivity contribution in [1.29, 1.82) is 0 Å². The molecule has 5 atom stereocenters. The maximum Gasteiger partial charge on any atom is 0.323 e. The molecule has 39 heavy (non-hydrogen) atoms. The van der Waals surface area contributed by atoms with Gasteiger partial charge in [-0.15, -0.1) is 0 Å². The van der Waals surface area contributed by atoms with E-state index in [1.165, 1.54) is 47.1 Å². The summed E-state index contributed by atoms with van der Waals surface area (Å²) in [5, 5.41) is 6.11. The summed E-state index contributed by atoms with van der Waals surface area (Å²) in [5.74, 6) is 0.237. The second-order valence-corrected chi connectivity index (χ2v) is 12.1. The Bertz CT molecular complexity index is 1670. The van der Waals surface area contributed by atoms with Crippen LogP contribution >= 0.6 is 0 Å². The predicted octanol–water partition coefficient (Wildman–Crippen LogP) is 3.89. The van der Waals surface area contributed by atoms with Crippen LogP contribution in [-0.2, 0) is 0 Å². The fourth-order valence-electron chi connectivity index (χ4n) is 8.67. The van der Waals surface area contributed by atoms with Crippen LogP contribution in [0.15, 0.2) is 41.3 Å². The van der Waals surface area contributed by atoms with Gasteiger partial charge in [0.15, 0.2) is 5.65 Å². The van der Waals surface area contributed by atoms with Crippen molar-refractivity contribution >= 4 is 28.8 Å². The predicted molar refractivity (Wildman–Crippen MR) is 139 cm³/mol. The van der Waals surface area contributed by atoms with E-state index in [-0.39, 0.29) is 45.1 Å². The van der Waals surface area contributed by atoms with Crippen molar-refractivity contribution in [2.75, 3.05) is 18.0 Å². The number of fused-ring (bicyclic) bond motifs is 2. The molecule has 2 aromatic heterocycles. The third-order valence-corrected chi connectivity index (χ3v) is 10.3. The van der Waals surface area contributed by atoms with E-state index in [0.29, 0.717) is 24.9 Å². The van der Waals surface area contributed by atoms with Crippen LogP contribution in [0.4, 0.5) is 19.4 Å². The lowest BCUT2D eigenvalue weighted by atomic mass is 9.77. The van der Waals surface area contributed by atoms with Gasteiger partial charge in [-0.05, 0) is 86.0 Å². The molecule has 1 aromatic carbocycles. The number of pyridine rings is 2. The first kappa shape index (κ1) is 23.1. The van der Waals surface area contributed by atoms with Crippen molar-refractivity contribution in [3.63, 3.8) is 0 Å². The van der Waals surface area contributed by atoms with Crippen molar-refractivity contribution in [2.45, 2.75) is 44.1 Å². The molecule has 2 bridgehead atoms. The first-order valence-corrected chi connectivity index (χ1v) is 13.7. The number of benzene rings is 1. The second kappa shape index (κ2) is 7.64. The zero-order valence-corrected chi connectivity index (χ0v) is 21.2. The highest BCUT2D eigenvalue weighted by Gasteiger charge is 2.78. The lowest BCUT2D eigenvalue weighted by Gasteiger charge is -2.34. The van der Waals surface area contributed by atoms with Crippen molar-refractivity contribution in [2.24, 2.45) is 23.2 Å². The lowest BCUT2D eigenvalue weighted by molar-refractivity contribution is 0.0880. The Morgan fingerprint density at radius 2 is 2.03 bits per heavy atom. The molecule has 4 saturated carbocycles. The van der Waals surface area contributed by atoms with Gasteiger partial charge in [-0.25, -0.2) is 18.6 Å². The summed E-state index contributed by atoms with van der Waals surface area (Å²) < 4.78 is 30.1. The maximum atomic E-state index is 15.1. The molecule has 1 spiro atoms. The van der Waals surface area contributed by atoms with Crippen molar-refractivity contribution in [3.05, 3.63) is 63.9 Å². The van der Waals surface area contributed by atoms with Gasteiger partial charge in [0.2, 0.25) is 5.43 Å². The number of aromatic nitrogens is 2. The van der Waals surface area contributed by atoms with Gasteiger partial charge in [-0.3, -0.25) is 19.1 Å². The summed E-state index contributed by atoms with van der Waals surface area (Å²) in [6.07, 6.45) is 8.03. The number of hydrogen-bond donors (Lipinski definition) is 2. The maximum absolute atomic E-state index is 15.1. The number of carbonyl (C=O) groups is 2. The Balaban J connectivity index is 1.25. The van der Waals surface area contributed by atoms with Crippen LogP contribution in [0.25, 0.3) is 16.7 Å². The third-order valence-electron chi connectivity index (χ3n) is 10.3. The zero-order chi connectivity index (χ0) is 26.7. The van der Waals surface area contributed by atoms with Crippen LogP contribution in [0.2, 0.25) is 0 Å². The van der Waals surface area contributed by atoms with E-state index in [2.05, 4.69) is 15.6 Å². The van der Waals surface area contributed by atoms with Gasteiger partial charge in [0.25, 0.3) is 5.91 Å². The van der Waals surface area contributed by atoms with Crippen LogP contribution in [0.1, 0.15) is 48.9 Å². The molecule has 3 amide bonds. The molecule has 3 aromatic rings. The molecule has 4 aliphatic carbocycles. The number of rotatable bonds is 4. The SMILES string of the molecule is O=C(NC12CC3CC4CCC1(C2)C4C3)c1cn(-c2ccc(F)cc2F)c2nc(N3CCNC3=O)ccc2c1=O. The number of anilines is 1. The molecule has 1 saturated heterocycles. The Morgan fingerprint density at radius 1 is 1.15 bits per heavy atom. The minimum atomic E-state index is -0.863. The molecule has 5 aliphatic rings. The molecule has 8 nitrogen and oxygen atoms in total. The van der Waals surface area contributed by atoms with Crippen LogP contribution in [0, 0.1) is 34.8 Å². The van der Waals surface area contributed by atoms with Crippen LogP contribution in [0.3, 0.4) is 0 Å². The lowest BCUT2D eigenvalue weighted by Crippen LogP contribution is -2.46. The molecular formula is C29H27F2N5O3. The highest BCUT2D eigenvalue weighted by Crippen LogP contribution is 2.79. The smallest absolute Gasteiger partial charge is 0.323 e. The number of nitrogens with zero attached hydrogens (tertiary/aromatic N) is 3. The Hall–Kier alpha value is -3.82. The summed E-state index contributed by atoms with van der Waals surface area (Å²) in [6, 6.07) is 5.85. The van der Waals surface area contributed by atoms with Crippen molar-refractivity contribution < 1.29 is 18.4 Å². The quantitative estimate of drug-likeness (QED) is 0.534. The Kier molecular flexibility index (Phi) is 4.53. The molecule has 8 rings (SSSR count). The van der Waals surface area contributed by atoms with Gasteiger partial charge in [0.05, 0.1) is 11.1 Å². The topological polar surface area (TPSA) is 96.3 Å². The second-order valence-electron chi connectivity index (χ2n) is 12.1. The van der Waals surface area contributed by atoms with E-state index in [4.69, 9.17) is 0 Å². The largest absolute Gasteiger partial charge is 0.346 e. The Labute approximate surface area is 222 Å². The number of halogens is 2. The van der Waals surface area contributed by atoms with E-state index in [1.807, 2.05) is 0 Å². The number of nitrogens with one attached hydrogen (secondary N) is 2. The number of urea groups is 1. The summed E-state index contributed by atoms with van der Waals surface area (Å²) in [7, 11) is 0. The minimum absolute atomic E-state index is 0.0543. The highest BCUT2D eigenvalue weighted by atomic mass is 19.1. The van der Waals surface area contributed by atoms with Gasteiger partial charge >= 0.3 is 6.03 Å². The van der Waals surface area contributed by atoms with Gasteiger partial charge in [-0.2, -0.15) is 0 Å². The van der Waals surface area contributed by atoms with Gasteiger partial charge in [-0.1, -0.05) is 0 Å². The van der Waals surface area contributed by atoms with Crippen LogP contribution in [-0.4, -0.2) is 40.1 Å². The fraction of sp³-hybridized carbons (Fsp3) is 0.448. The fourth-order valence-corrected chi connectivity index (χ4v) is 8.67. The van der Waals surface area contributed by atoms with E-state index >= 15 is 4.39 Å². The zero-order valence-electron chi connectivity index (χ0n) is 21.2. The van der Waals surface area contributed by atoms with E-state index in [0.717, 1.165) is 37.3 Å². The van der Waals surface area contributed by atoms with Crippen molar-refractivity contribution in [3.8, 4) is 5.69 Å². The molecule has 200 valence electrons. The summed E-state index contributed by atoms with van der Waals surface area (Å²) >= 11 is 0. The molecule has 1 aliphatic heterocycles. The molecule has 2 N–H and O–H groups in total. The molecule has 5 fully saturated rings. The summed E-state index contributed by atoms with van der Waals surface area (Å²) in [5.41, 5.74) is -0.729. The number of hydrogen-bond acceptors (Lipinski definition) is 4. The monoisotopic (exact) mass is 531 g/mol. The summed E-state index contributed by atoms with van der Waals surface area (Å²) in [6.45, 7) is 0.836. The third kappa shape index (κ3) is 3.08. The average molecular weight is 532 g/mol. The normalized spacial score (nSPS) is 31.9. The average Bonchev–Trinajstić information content (AvgIpc) is 3.21. The molecule has 0 radical (unpaired) electrons. The van der Waals surface area contributed by atoms with Gasteiger partial charge in [0, 0.05) is 30.9 Å². The van der Waals surface area contributed by atoms with Crippen LogP contribution < -0.4 is 21.0 Å². The van der Waals surface area contributed by atoms with Crippen molar-refractivity contribution in [1.82, 2.24) is 20.2 Å². The van der Waals surface area contributed by atoms with Gasteiger partial charge in [0.1, 0.15) is 23.0 Å². The van der Waals surface area contributed by atoms with E-state index in [9.17, 15) is 18.8 Å². The molecular weight excluding hydrogens is 504 g/mol. The first-order chi connectivity index (χ1) is 18.8. The molecule has 5 unspecified atom stereocenters. The molecule has 10 heteroatoms. The highest BCUT2D eigenvalue weighted by molar-refractivity contribution is 5.99. The number of carbonyl (C=O) groups excluding carboxylic acids is 2. The minimum Gasteiger partial charge on any atom is -0.346 e. The Morgan fingerprint density at radius 3 is 2.82 bits per heavy atom. The van der Waals surface area contributed by atoms with E-state index < -0.39 is 23.0 Å². The summed E-state index contributed by atoms with van der Waals surface area (Å²) in [4.78, 5) is 45.7. The first-order valence-electron chi connectivity index (χ1n) is 13.7. The molecule has 3 heterocycles. The van der Waals surface area contributed by atoms with Crippen LogP contribution in [0.5, 0.6) is 0 Å². The number of amides is 3.